The summed E-state index contributed by atoms with van der Waals surface area (Å²) >= 11 is 0. The molecule has 136 valence electrons. The number of amides is 3. The van der Waals surface area contributed by atoms with Crippen molar-refractivity contribution in [3.05, 3.63) is 35.9 Å². The molecule has 1 unspecified atom stereocenters. The van der Waals surface area contributed by atoms with Gasteiger partial charge in [0.05, 0.1) is 0 Å². The normalized spacial score (nSPS) is 12.8. The zero-order valence-electron chi connectivity index (χ0n) is 14.3. The van der Waals surface area contributed by atoms with Crippen molar-refractivity contribution in [1.82, 2.24) is 10.6 Å². The van der Waals surface area contributed by atoms with E-state index in [9.17, 15) is 14.4 Å². The molecule has 3 amide bonds. The van der Waals surface area contributed by atoms with Gasteiger partial charge in [-0.05, 0) is 17.9 Å². The highest BCUT2D eigenvalue weighted by molar-refractivity contribution is 6.00. The van der Waals surface area contributed by atoms with Gasteiger partial charge in [-0.15, -0.1) is 0 Å². The van der Waals surface area contributed by atoms with Crippen LogP contribution in [0.5, 0.6) is 0 Å². The molecule has 0 saturated heterocycles. The molecule has 0 heterocycles. The Morgan fingerprint density at radius 3 is 2.36 bits per heavy atom. The van der Waals surface area contributed by atoms with Gasteiger partial charge in [-0.2, -0.15) is 0 Å². The highest BCUT2D eigenvalue weighted by atomic mass is 16.5. The second-order valence-corrected chi connectivity index (χ2v) is 5.94. The second kappa shape index (κ2) is 10.1. The lowest BCUT2D eigenvalue weighted by Gasteiger charge is -2.21. The van der Waals surface area contributed by atoms with Gasteiger partial charge in [0, 0.05) is 6.21 Å². The minimum Gasteiger partial charge on any atom is -0.445 e. The molecule has 2 atom stereocenters. The Morgan fingerprint density at radius 2 is 1.84 bits per heavy atom. The highest BCUT2D eigenvalue weighted by Crippen LogP contribution is 2.07. The van der Waals surface area contributed by atoms with E-state index in [4.69, 9.17) is 15.9 Å². The first-order valence-corrected chi connectivity index (χ1v) is 7.91. The average Bonchev–Trinajstić information content (AvgIpc) is 2.57. The van der Waals surface area contributed by atoms with E-state index in [1.807, 2.05) is 44.2 Å². The molecule has 0 radical (unpaired) electrons. The van der Waals surface area contributed by atoms with Crippen molar-refractivity contribution in [3.63, 3.8) is 0 Å². The minimum absolute atomic E-state index is 0.0765. The Kier molecular flexibility index (Phi) is 8.11. The molecule has 8 heteroatoms. The predicted molar refractivity (Wildman–Crippen MR) is 92.9 cm³/mol. The molecule has 0 aliphatic heterocycles. The van der Waals surface area contributed by atoms with Gasteiger partial charge >= 0.3 is 6.09 Å². The maximum atomic E-state index is 12.3. The average molecular weight is 348 g/mol. The molecule has 0 saturated carbocycles. The largest absolute Gasteiger partial charge is 0.445 e. The molecule has 0 aromatic heterocycles. The highest BCUT2D eigenvalue weighted by Gasteiger charge is 2.25. The van der Waals surface area contributed by atoms with Gasteiger partial charge in [-0.3, -0.25) is 9.59 Å². The van der Waals surface area contributed by atoms with Crippen LogP contribution >= 0.6 is 0 Å². The molecule has 0 spiro atoms. The standard InChI is InChI=1S/C17H24N4O4/c1-11(2)8-13(16(23)20-14(9-18)15(19)22)21-17(24)25-10-12-6-4-3-5-7-12/h3-7,9,11,13-14,18H,8,10H2,1-2H3,(H2,19,22)(H,20,23)(H,21,24)/t13-,14?/m0/s1. The molecule has 8 nitrogen and oxygen atoms in total. The molecule has 1 rings (SSSR count). The summed E-state index contributed by atoms with van der Waals surface area (Å²) in [6.45, 7) is 3.85. The number of carbonyl (C=O) groups is 3. The van der Waals surface area contributed by atoms with Crippen molar-refractivity contribution in [2.45, 2.75) is 39.0 Å². The summed E-state index contributed by atoms with van der Waals surface area (Å²) < 4.78 is 5.10. The number of hydrogen-bond acceptors (Lipinski definition) is 5. The van der Waals surface area contributed by atoms with Gasteiger partial charge in [0.1, 0.15) is 18.7 Å². The summed E-state index contributed by atoms with van der Waals surface area (Å²) in [6, 6.07) is 7.01. The number of alkyl carbamates (subject to hydrolysis) is 1. The summed E-state index contributed by atoms with van der Waals surface area (Å²) in [5.41, 5.74) is 5.91. The maximum Gasteiger partial charge on any atom is 0.408 e. The van der Waals surface area contributed by atoms with Gasteiger partial charge in [0.25, 0.3) is 0 Å². The number of nitrogens with one attached hydrogen (secondary N) is 3. The van der Waals surface area contributed by atoms with Gasteiger partial charge in [0.2, 0.25) is 11.8 Å². The first kappa shape index (κ1) is 20.1. The van der Waals surface area contributed by atoms with Crippen molar-refractivity contribution in [2.75, 3.05) is 0 Å². The maximum absolute atomic E-state index is 12.3. The molecule has 0 aliphatic carbocycles. The lowest BCUT2D eigenvalue weighted by Crippen LogP contribution is -2.53. The molecule has 0 fully saturated rings. The third-order valence-corrected chi connectivity index (χ3v) is 3.30. The molecule has 1 aromatic rings. The van der Waals surface area contributed by atoms with Crippen LogP contribution in [0.1, 0.15) is 25.8 Å². The van der Waals surface area contributed by atoms with E-state index >= 15 is 0 Å². The van der Waals surface area contributed by atoms with Crippen LogP contribution in [0.15, 0.2) is 30.3 Å². The number of hydrogen-bond donors (Lipinski definition) is 4. The molecule has 25 heavy (non-hydrogen) atoms. The van der Waals surface area contributed by atoms with Gasteiger partial charge in [-0.1, -0.05) is 44.2 Å². The van der Waals surface area contributed by atoms with E-state index in [-0.39, 0.29) is 12.5 Å². The smallest absolute Gasteiger partial charge is 0.408 e. The van der Waals surface area contributed by atoms with E-state index in [1.165, 1.54) is 0 Å². The van der Waals surface area contributed by atoms with Crippen LogP contribution in [-0.2, 0) is 20.9 Å². The van der Waals surface area contributed by atoms with E-state index in [0.29, 0.717) is 6.42 Å². The Morgan fingerprint density at radius 1 is 1.20 bits per heavy atom. The fourth-order valence-electron chi connectivity index (χ4n) is 2.06. The summed E-state index contributed by atoms with van der Waals surface area (Å²) in [5.74, 6) is -1.34. The molecule has 0 aliphatic rings. The fourth-order valence-corrected chi connectivity index (χ4v) is 2.06. The molecule has 1 aromatic carbocycles. The lowest BCUT2D eigenvalue weighted by atomic mass is 10.0. The van der Waals surface area contributed by atoms with Gasteiger partial charge < -0.3 is 26.5 Å². The predicted octanol–water partition coefficient (Wildman–Crippen LogP) is 0.947. The van der Waals surface area contributed by atoms with E-state index in [2.05, 4.69) is 10.6 Å². The van der Waals surface area contributed by atoms with Crippen LogP contribution in [0.4, 0.5) is 4.79 Å². The topological polar surface area (TPSA) is 134 Å². The van der Waals surface area contributed by atoms with Crippen molar-refractivity contribution < 1.29 is 19.1 Å². The van der Waals surface area contributed by atoms with Crippen LogP contribution < -0.4 is 16.4 Å². The van der Waals surface area contributed by atoms with Gasteiger partial charge in [0.15, 0.2) is 0 Å². The number of carbonyl (C=O) groups excluding carboxylic acids is 3. The van der Waals surface area contributed by atoms with Crippen molar-refractivity contribution in [2.24, 2.45) is 11.7 Å². The second-order valence-electron chi connectivity index (χ2n) is 5.94. The lowest BCUT2D eigenvalue weighted by molar-refractivity contribution is -0.127. The Hall–Kier alpha value is -2.90. The van der Waals surface area contributed by atoms with Crippen molar-refractivity contribution in [1.29, 1.82) is 5.41 Å². The SMILES string of the molecule is CC(C)C[C@H](NC(=O)OCc1ccccc1)C(=O)NC(C=N)C(N)=O. The van der Waals surface area contributed by atoms with E-state index in [1.54, 1.807) is 0 Å². The number of nitrogens with two attached hydrogens (primary N) is 1. The molecular formula is C17H24N4O4. The summed E-state index contributed by atoms with van der Waals surface area (Å²) in [4.78, 5) is 35.4. The minimum atomic E-state index is -1.22. The van der Waals surface area contributed by atoms with Crippen LogP contribution in [-0.4, -0.2) is 36.2 Å². The molecular weight excluding hydrogens is 324 g/mol. The quantitative estimate of drug-likeness (QED) is 0.494. The summed E-state index contributed by atoms with van der Waals surface area (Å²) in [5, 5.41) is 11.9. The van der Waals surface area contributed by atoms with Crippen LogP contribution in [0.3, 0.4) is 0 Å². The summed E-state index contributed by atoms with van der Waals surface area (Å²) in [6.07, 6.45) is 0.339. The van der Waals surface area contributed by atoms with Crippen molar-refractivity contribution >= 4 is 24.1 Å². The van der Waals surface area contributed by atoms with Crippen LogP contribution in [0.2, 0.25) is 0 Å². The zero-order chi connectivity index (χ0) is 18.8. The van der Waals surface area contributed by atoms with E-state index in [0.717, 1.165) is 11.8 Å². The third kappa shape index (κ3) is 7.47. The van der Waals surface area contributed by atoms with Crippen molar-refractivity contribution in [3.8, 4) is 0 Å². The third-order valence-electron chi connectivity index (χ3n) is 3.30. The van der Waals surface area contributed by atoms with Gasteiger partial charge in [-0.25, -0.2) is 4.79 Å². The first-order chi connectivity index (χ1) is 11.8. The van der Waals surface area contributed by atoms with Crippen LogP contribution in [0.25, 0.3) is 0 Å². The Labute approximate surface area is 146 Å². The van der Waals surface area contributed by atoms with Crippen LogP contribution in [0, 0.1) is 11.3 Å². The fraction of sp³-hybridized carbons (Fsp3) is 0.412. The zero-order valence-corrected chi connectivity index (χ0v) is 14.3. The number of ether oxygens (including phenoxy) is 1. The molecule has 0 bridgehead atoms. The summed E-state index contributed by atoms with van der Waals surface area (Å²) in [7, 11) is 0. The Bertz CT molecular complexity index is 604. The number of primary amides is 1. The number of benzene rings is 1. The first-order valence-electron chi connectivity index (χ1n) is 7.91. The number of rotatable bonds is 9. The Balaban J connectivity index is 2.64. The van der Waals surface area contributed by atoms with E-state index < -0.39 is 30.0 Å². The molecule has 5 N–H and O–H groups in total. The monoisotopic (exact) mass is 348 g/mol.